The zero-order valence-electron chi connectivity index (χ0n) is 11.5. The molecule has 3 nitrogen and oxygen atoms in total. The van der Waals surface area contributed by atoms with Crippen molar-refractivity contribution >= 4 is 15.9 Å². The van der Waals surface area contributed by atoms with Crippen LogP contribution in [-0.4, -0.2) is 9.78 Å². The van der Waals surface area contributed by atoms with Gasteiger partial charge in [-0.1, -0.05) is 38.1 Å². The normalized spacial score (nSPS) is 11.2. The fraction of sp³-hybridized carbons (Fsp3) is 0.400. The molecular formula is C15H19BrN2O. The Morgan fingerprint density at radius 3 is 2.63 bits per heavy atom. The van der Waals surface area contributed by atoms with Gasteiger partial charge < -0.3 is 0 Å². The van der Waals surface area contributed by atoms with Crippen LogP contribution in [0.4, 0.5) is 0 Å². The molecule has 0 aliphatic heterocycles. The third kappa shape index (κ3) is 3.18. The van der Waals surface area contributed by atoms with E-state index in [1.165, 1.54) is 5.56 Å². The van der Waals surface area contributed by atoms with Gasteiger partial charge in [0.2, 0.25) is 0 Å². The van der Waals surface area contributed by atoms with E-state index in [1.807, 2.05) is 12.1 Å². The molecule has 0 amide bonds. The van der Waals surface area contributed by atoms with Gasteiger partial charge in [0.05, 0.1) is 12.2 Å². The summed E-state index contributed by atoms with van der Waals surface area (Å²) in [6.45, 7) is 6.93. The second-order valence-corrected chi connectivity index (χ2v) is 6.11. The highest BCUT2D eigenvalue weighted by Gasteiger charge is 2.13. The molecule has 2 aromatic rings. The van der Waals surface area contributed by atoms with Gasteiger partial charge in [0, 0.05) is 0 Å². The van der Waals surface area contributed by atoms with Crippen molar-refractivity contribution < 1.29 is 0 Å². The number of halogens is 1. The number of nitrogens with zero attached hydrogens (tertiary/aromatic N) is 1. The smallest absolute Gasteiger partial charge is 0.281 e. The molecule has 4 heteroatoms. The maximum absolute atomic E-state index is 12.2. The number of aromatic amines is 1. The lowest BCUT2D eigenvalue weighted by Gasteiger charge is -2.06. The van der Waals surface area contributed by atoms with Crippen LogP contribution in [0.5, 0.6) is 0 Å². The first kappa shape index (κ1) is 14.1. The molecule has 0 fully saturated rings. The summed E-state index contributed by atoms with van der Waals surface area (Å²) in [6.07, 6.45) is 0.872. The monoisotopic (exact) mass is 322 g/mol. The topological polar surface area (TPSA) is 37.8 Å². The molecule has 0 bridgehead atoms. The SMILES string of the molecule is Cc1ccccc1Cn1[nH]c(CC(C)C)c(Br)c1=O. The molecule has 0 aliphatic carbocycles. The van der Waals surface area contributed by atoms with E-state index in [0.29, 0.717) is 16.9 Å². The van der Waals surface area contributed by atoms with Gasteiger partial charge in [0.1, 0.15) is 4.47 Å². The van der Waals surface area contributed by atoms with E-state index in [1.54, 1.807) is 4.68 Å². The van der Waals surface area contributed by atoms with Crippen molar-refractivity contribution in [3.63, 3.8) is 0 Å². The van der Waals surface area contributed by atoms with Crippen LogP contribution in [0.15, 0.2) is 33.5 Å². The number of H-pyrrole nitrogens is 1. The molecule has 1 aromatic heterocycles. The summed E-state index contributed by atoms with van der Waals surface area (Å²) >= 11 is 3.40. The molecule has 0 saturated heterocycles. The number of aryl methyl sites for hydroxylation is 1. The van der Waals surface area contributed by atoms with E-state index in [0.717, 1.165) is 17.7 Å². The minimum atomic E-state index is 0.0129. The van der Waals surface area contributed by atoms with E-state index in [-0.39, 0.29) is 5.56 Å². The highest BCUT2D eigenvalue weighted by atomic mass is 79.9. The van der Waals surface area contributed by atoms with E-state index in [9.17, 15) is 4.79 Å². The lowest BCUT2D eigenvalue weighted by Crippen LogP contribution is -2.18. The molecule has 0 spiro atoms. The Balaban J connectivity index is 2.32. The van der Waals surface area contributed by atoms with E-state index in [2.05, 4.69) is 53.9 Å². The highest BCUT2D eigenvalue weighted by Crippen LogP contribution is 2.15. The first-order valence-electron chi connectivity index (χ1n) is 6.50. The molecule has 1 N–H and O–H groups in total. The van der Waals surface area contributed by atoms with Gasteiger partial charge in [0.15, 0.2) is 0 Å². The first-order chi connectivity index (χ1) is 8.99. The molecule has 19 heavy (non-hydrogen) atoms. The Morgan fingerprint density at radius 2 is 2.00 bits per heavy atom. The zero-order chi connectivity index (χ0) is 14.0. The Kier molecular flexibility index (Phi) is 4.30. The Morgan fingerprint density at radius 1 is 1.32 bits per heavy atom. The Labute approximate surface area is 121 Å². The molecule has 1 heterocycles. The quantitative estimate of drug-likeness (QED) is 0.919. The summed E-state index contributed by atoms with van der Waals surface area (Å²) < 4.78 is 2.33. The molecule has 0 aliphatic rings. The van der Waals surface area contributed by atoms with Crippen LogP contribution in [0, 0.1) is 12.8 Å². The molecule has 0 radical (unpaired) electrons. The predicted octanol–water partition coefficient (Wildman–Crippen LogP) is 3.49. The molecule has 0 unspecified atom stereocenters. The fourth-order valence-electron chi connectivity index (χ4n) is 2.12. The summed E-state index contributed by atoms with van der Waals surface area (Å²) in [7, 11) is 0. The van der Waals surface area contributed by atoms with Crippen molar-refractivity contribution in [1.82, 2.24) is 9.78 Å². The number of nitrogens with one attached hydrogen (secondary N) is 1. The van der Waals surface area contributed by atoms with Crippen molar-refractivity contribution in [2.75, 3.05) is 0 Å². The first-order valence-corrected chi connectivity index (χ1v) is 7.30. The highest BCUT2D eigenvalue weighted by molar-refractivity contribution is 9.10. The summed E-state index contributed by atoms with van der Waals surface area (Å²) in [5, 5.41) is 3.21. The summed E-state index contributed by atoms with van der Waals surface area (Å²) in [5.74, 6) is 0.515. The largest absolute Gasteiger partial charge is 0.298 e. The van der Waals surface area contributed by atoms with Gasteiger partial charge in [-0.25, -0.2) is 4.68 Å². The standard InChI is InChI=1S/C15H19BrN2O/c1-10(2)8-13-14(16)15(19)18(17-13)9-12-7-5-4-6-11(12)3/h4-7,10,17H,8-9H2,1-3H3. The zero-order valence-corrected chi connectivity index (χ0v) is 13.1. The molecular weight excluding hydrogens is 304 g/mol. The Bertz CT molecular complexity index is 625. The van der Waals surface area contributed by atoms with Gasteiger partial charge in [-0.3, -0.25) is 9.89 Å². The van der Waals surface area contributed by atoms with Crippen LogP contribution in [0.25, 0.3) is 0 Å². The van der Waals surface area contributed by atoms with Crippen LogP contribution in [0.2, 0.25) is 0 Å². The van der Waals surface area contributed by atoms with Crippen molar-refractivity contribution in [2.45, 2.75) is 33.7 Å². The van der Waals surface area contributed by atoms with Gasteiger partial charge in [0.25, 0.3) is 5.56 Å². The van der Waals surface area contributed by atoms with Crippen molar-refractivity contribution in [3.05, 3.63) is 55.9 Å². The lowest BCUT2D eigenvalue weighted by atomic mass is 10.1. The number of rotatable bonds is 4. The van der Waals surface area contributed by atoms with Gasteiger partial charge >= 0.3 is 0 Å². The summed E-state index contributed by atoms with van der Waals surface area (Å²) in [4.78, 5) is 12.2. The average molecular weight is 323 g/mol. The molecule has 2 rings (SSSR count). The number of aromatic nitrogens is 2. The van der Waals surface area contributed by atoms with Crippen molar-refractivity contribution in [1.29, 1.82) is 0 Å². The molecule has 1 aromatic carbocycles. The summed E-state index contributed by atoms with van der Waals surface area (Å²) in [6, 6.07) is 8.13. The maximum atomic E-state index is 12.2. The number of hydrogen-bond donors (Lipinski definition) is 1. The van der Waals surface area contributed by atoms with Crippen LogP contribution in [-0.2, 0) is 13.0 Å². The number of benzene rings is 1. The van der Waals surface area contributed by atoms with Gasteiger partial charge in [-0.2, -0.15) is 0 Å². The third-order valence-corrected chi connectivity index (χ3v) is 3.99. The van der Waals surface area contributed by atoms with Crippen LogP contribution in [0.3, 0.4) is 0 Å². The van der Waals surface area contributed by atoms with E-state index < -0.39 is 0 Å². The number of hydrogen-bond acceptors (Lipinski definition) is 1. The van der Waals surface area contributed by atoms with Gasteiger partial charge in [-0.15, -0.1) is 0 Å². The third-order valence-electron chi connectivity index (χ3n) is 3.17. The minimum absolute atomic E-state index is 0.0129. The van der Waals surface area contributed by atoms with Crippen LogP contribution < -0.4 is 5.56 Å². The summed E-state index contributed by atoms with van der Waals surface area (Å²) in [5.41, 5.74) is 3.35. The molecule has 0 atom stereocenters. The van der Waals surface area contributed by atoms with Gasteiger partial charge in [-0.05, 0) is 46.3 Å². The van der Waals surface area contributed by atoms with Crippen molar-refractivity contribution in [2.24, 2.45) is 5.92 Å². The van der Waals surface area contributed by atoms with Crippen molar-refractivity contribution in [3.8, 4) is 0 Å². The average Bonchev–Trinajstić information content (AvgIpc) is 2.60. The second-order valence-electron chi connectivity index (χ2n) is 5.32. The van der Waals surface area contributed by atoms with Crippen LogP contribution in [0.1, 0.15) is 30.7 Å². The predicted molar refractivity (Wildman–Crippen MR) is 81.6 cm³/mol. The Hall–Kier alpha value is -1.29. The minimum Gasteiger partial charge on any atom is -0.298 e. The van der Waals surface area contributed by atoms with E-state index >= 15 is 0 Å². The van der Waals surface area contributed by atoms with E-state index in [4.69, 9.17) is 0 Å². The fourth-order valence-corrected chi connectivity index (χ4v) is 2.59. The molecule has 0 saturated carbocycles. The maximum Gasteiger partial charge on any atom is 0.281 e. The van der Waals surface area contributed by atoms with Crippen LogP contribution >= 0.6 is 15.9 Å². The second kappa shape index (κ2) is 5.78. The molecule has 102 valence electrons. The lowest BCUT2D eigenvalue weighted by molar-refractivity contribution is 0.601.